The number of nitrogens with one attached hydrogen (secondary N) is 1. The average molecular weight is 370 g/mol. The van der Waals surface area contributed by atoms with Gasteiger partial charge >= 0.3 is 12.1 Å². The van der Waals surface area contributed by atoms with Gasteiger partial charge in [-0.3, -0.25) is 4.79 Å². The van der Waals surface area contributed by atoms with Gasteiger partial charge in [-0.05, 0) is 44.4 Å². The topological polar surface area (TPSA) is 95.9 Å². The van der Waals surface area contributed by atoms with E-state index in [0.29, 0.717) is 13.0 Å². The molecule has 0 radical (unpaired) electrons. The smallest absolute Gasteiger partial charge is 0.408 e. The Hall–Kier alpha value is -1.79. The Morgan fingerprint density at radius 2 is 1.65 bits per heavy atom. The summed E-state index contributed by atoms with van der Waals surface area (Å²) in [6.07, 6.45) is -0.251. The van der Waals surface area contributed by atoms with Gasteiger partial charge in [0.05, 0.1) is 0 Å². The molecule has 0 aliphatic carbocycles. The molecule has 1 saturated heterocycles. The highest BCUT2D eigenvalue weighted by atomic mass is 16.6. The second-order valence-electron chi connectivity index (χ2n) is 9.53. The number of amides is 2. The maximum absolute atomic E-state index is 13.2. The van der Waals surface area contributed by atoms with E-state index in [4.69, 9.17) is 4.74 Å². The Morgan fingerprint density at radius 1 is 1.12 bits per heavy atom. The number of alkyl carbamates (subject to hydrolysis) is 1. The highest BCUT2D eigenvalue weighted by molar-refractivity contribution is 5.90. The van der Waals surface area contributed by atoms with Crippen molar-refractivity contribution in [3.63, 3.8) is 0 Å². The Labute approximate surface area is 156 Å². The molecule has 0 saturated carbocycles. The fraction of sp³-hybridized carbons (Fsp3) is 0.842. The van der Waals surface area contributed by atoms with Crippen molar-refractivity contribution in [1.82, 2.24) is 10.2 Å². The van der Waals surface area contributed by atoms with Crippen molar-refractivity contribution in [2.45, 2.75) is 79.5 Å². The molecule has 0 spiro atoms. The van der Waals surface area contributed by atoms with Gasteiger partial charge in [-0.25, -0.2) is 9.59 Å². The third-order valence-electron chi connectivity index (χ3n) is 4.62. The number of carboxylic acids is 1. The molecule has 1 rings (SSSR count). The van der Waals surface area contributed by atoms with Gasteiger partial charge in [0.1, 0.15) is 17.7 Å². The first-order chi connectivity index (χ1) is 11.6. The van der Waals surface area contributed by atoms with Gasteiger partial charge < -0.3 is 20.1 Å². The molecule has 1 aliphatic heterocycles. The van der Waals surface area contributed by atoms with Gasteiger partial charge in [-0.1, -0.05) is 34.6 Å². The average Bonchev–Trinajstić information content (AvgIpc) is 2.86. The van der Waals surface area contributed by atoms with Crippen LogP contribution in [-0.4, -0.2) is 52.2 Å². The van der Waals surface area contributed by atoms with E-state index in [0.717, 1.165) is 0 Å². The van der Waals surface area contributed by atoms with Gasteiger partial charge in [-0.2, -0.15) is 0 Å². The summed E-state index contributed by atoms with van der Waals surface area (Å²) in [5.41, 5.74) is -1.28. The Kier molecular flexibility index (Phi) is 6.71. The highest BCUT2D eigenvalue weighted by Crippen LogP contribution is 2.32. The predicted octanol–water partition coefficient (Wildman–Crippen LogP) is 2.88. The van der Waals surface area contributed by atoms with Crippen LogP contribution in [0.25, 0.3) is 0 Å². The Morgan fingerprint density at radius 3 is 2.04 bits per heavy atom. The summed E-state index contributed by atoms with van der Waals surface area (Å²) in [6, 6.07) is -1.73. The van der Waals surface area contributed by atoms with E-state index < -0.39 is 35.2 Å². The van der Waals surface area contributed by atoms with Crippen molar-refractivity contribution in [2.24, 2.45) is 17.3 Å². The largest absolute Gasteiger partial charge is 0.480 e. The molecule has 150 valence electrons. The van der Waals surface area contributed by atoms with Crippen LogP contribution in [0.4, 0.5) is 4.79 Å². The summed E-state index contributed by atoms with van der Waals surface area (Å²) >= 11 is 0. The fourth-order valence-electron chi connectivity index (χ4n) is 3.07. The van der Waals surface area contributed by atoms with Gasteiger partial charge in [0.15, 0.2) is 0 Å². The van der Waals surface area contributed by atoms with E-state index in [1.807, 2.05) is 34.6 Å². The van der Waals surface area contributed by atoms with E-state index in [-0.39, 0.29) is 17.7 Å². The van der Waals surface area contributed by atoms with Gasteiger partial charge in [0.2, 0.25) is 5.91 Å². The molecule has 2 amide bonds. The fourth-order valence-corrected chi connectivity index (χ4v) is 3.07. The molecule has 1 heterocycles. The zero-order valence-corrected chi connectivity index (χ0v) is 17.3. The van der Waals surface area contributed by atoms with Crippen LogP contribution < -0.4 is 5.32 Å². The van der Waals surface area contributed by atoms with E-state index in [1.54, 1.807) is 20.8 Å². The maximum Gasteiger partial charge on any atom is 0.408 e. The number of carbonyl (C=O) groups excluding carboxylic acids is 2. The van der Waals surface area contributed by atoms with Crippen LogP contribution in [0, 0.1) is 17.3 Å². The monoisotopic (exact) mass is 370 g/mol. The number of hydrogen-bond donors (Lipinski definition) is 2. The van der Waals surface area contributed by atoms with E-state index in [1.165, 1.54) is 4.90 Å². The molecule has 0 aromatic carbocycles. The second-order valence-corrected chi connectivity index (χ2v) is 9.53. The molecular formula is C19H34N2O5. The third kappa shape index (κ3) is 5.88. The summed E-state index contributed by atoms with van der Waals surface area (Å²) in [6.45, 7) is 15.2. The number of carbonyl (C=O) groups is 3. The van der Waals surface area contributed by atoms with Crippen LogP contribution in [0.1, 0.15) is 61.8 Å². The Balaban J connectivity index is 3.04. The summed E-state index contributed by atoms with van der Waals surface area (Å²) < 4.78 is 5.27. The van der Waals surface area contributed by atoms with Crippen LogP contribution >= 0.6 is 0 Å². The number of carboxylic acid groups (broad SMARTS) is 1. The molecule has 0 bridgehead atoms. The molecule has 0 aromatic rings. The number of hydrogen-bond acceptors (Lipinski definition) is 4. The van der Waals surface area contributed by atoms with Crippen molar-refractivity contribution in [3.8, 4) is 0 Å². The number of aliphatic carboxylic acids is 1. The SMILES string of the molecule is CC(C)[C@@H]1C[C@@H](C(=O)O)N(C(=O)[C@@H](NC(=O)OC(C)(C)C)C(C)(C)C)C1. The van der Waals surface area contributed by atoms with Crippen LogP contribution in [0.5, 0.6) is 0 Å². The first-order valence-corrected chi connectivity index (χ1v) is 9.16. The van der Waals surface area contributed by atoms with Crippen molar-refractivity contribution >= 4 is 18.0 Å². The molecule has 0 aromatic heterocycles. The van der Waals surface area contributed by atoms with Crippen LogP contribution in [-0.2, 0) is 14.3 Å². The minimum absolute atomic E-state index is 0.127. The molecular weight excluding hydrogens is 336 g/mol. The number of nitrogens with zero attached hydrogens (tertiary/aromatic N) is 1. The third-order valence-corrected chi connectivity index (χ3v) is 4.62. The minimum Gasteiger partial charge on any atom is -0.480 e. The standard InChI is InChI=1S/C19H34N2O5/c1-11(2)12-9-13(16(23)24)21(10-12)15(22)14(18(3,4)5)20-17(25)26-19(6,7)8/h11-14H,9-10H2,1-8H3,(H,20,25)(H,23,24)/t12-,13+,14-/m1/s1. The van der Waals surface area contributed by atoms with E-state index >= 15 is 0 Å². The van der Waals surface area contributed by atoms with Crippen LogP contribution in [0.3, 0.4) is 0 Å². The molecule has 0 unspecified atom stereocenters. The lowest BCUT2D eigenvalue weighted by Gasteiger charge is -2.35. The van der Waals surface area contributed by atoms with Gasteiger partial charge in [0.25, 0.3) is 0 Å². The normalized spacial score (nSPS) is 22.3. The van der Waals surface area contributed by atoms with Crippen LogP contribution in [0.15, 0.2) is 0 Å². The minimum atomic E-state index is -1.01. The lowest BCUT2D eigenvalue weighted by atomic mass is 9.85. The molecule has 2 N–H and O–H groups in total. The summed E-state index contributed by atoms with van der Waals surface area (Å²) in [4.78, 5) is 38.4. The zero-order valence-electron chi connectivity index (χ0n) is 17.3. The summed E-state index contributed by atoms with van der Waals surface area (Å²) in [7, 11) is 0. The predicted molar refractivity (Wildman–Crippen MR) is 98.7 cm³/mol. The van der Waals surface area contributed by atoms with Crippen molar-refractivity contribution in [3.05, 3.63) is 0 Å². The molecule has 7 heteroatoms. The highest BCUT2D eigenvalue weighted by Gasteiger charge is 2.45. The van der Waals surface area contributed by atoms with Crippen molar-refractivity contribution in [1.29, 1.82) is 0 Å². The number of ether oxygens (including phenoxy) is 1. The summed E-state index contributed by atoms with van der Waals surface area (Å²) in [5.74, 6) is -0.978. The molecule has 3 atom stereocenters. The first kappa shape index (κ1) is 22.3. The van der Waals surface area contributed by atoms with Crippen molar-refractivity contribution in [2.75, 3.05) is 6.54 Å². The number of likely N-dealkylation sites (tertiary alicyclic amines) is 1. The number of rotatable bonds is 4. The maximum atomic E-state index is 13.2. The van der Waals surface area contributed by atoms with Crippen molar-refractivity contribution < 1.29 is 24.2 Å². The molecule has 1 fully saturated rings. The van der Waals surface area contributed by atoms with E-state index in [9.17, 15) is 19.5 Å². The molecule has 1 aliphatic rings. The lowest BCUT2D eigenvalue weighted by Crippen LogP contribution is -2.57. The Bertz CT molecular complexity index is 545. The quantitative estimate of drug-likeness (QED) is 0.793. The van der Waals surface area contributed by atoms with Crippen LogP contribution in [0.2, 0.25) is 0 Å². The lowest BCUT2D eigenvalue weighted by molar-refractivity contribution is -0.150. The van der Waals surface area contributed by atoms with Gasteiger partial charge in [-0.15, -0.1) is 0 Å². The second kappa shape index (κ2) is 7.84. The molecule has 7 nitrogen and oxygen atoms in total. The summed E-state index contributed by atoms with van der Waals surface area (Å²) in [5, 5.41) is 12.2. The van der Waals surface area contributed by atoms with Gasteiger partial charge in [0, 0.05) is 6.54 Å². The van der Waals surface area contributed by atoms with E-state index in [2.05, 4.69) is 5.32 Å². The first-order valence-electron chi connectivity index (χ1n) is 9.16. The zero-order chi connectivity index (χ0) is 20.4. The molecule has 26 heavy (non-hydrogen) atoms.